The minimum Gasteiger partial charge on any atom is -0.302 e. The first kappa shape index (κ1) is 10.6. The van der Waals surface area contributed by atoms with E-state index in [9.17, 15) is 0 Å². The number of rotatable bonds is 2. The lowest BCUT2D eigenvalue weighted by Crippen LogP contribution is -2.20. The first-order valence-electron chi connectivity index (χ1n) is 5.48. The fraction of sp³-hybridized carbons (Fsp3) is 0.500. The Morgan fingerprint density at radius 3 is 3.33 bits per heavy atom. The quantitative estimate of drug-likeness (QED) is 0.800. The van der Waals surface area contributed by atoms with E-state index in [2.05, 4.69) is 29.0 Å². The van der Waals surface area contributed by atoms with Crippen LogP contribution in [0.5, 0.6) is 0 Å². The number of pyridine rings is 1. The average molecular weight is 205 g/mol. The predicted molar refractivity (Wildman–Crippen MR) is 59.1 cm³/mol. The van der Waals surface area contributed by atoms with Crippen molar-refractivity contribution < 1.29 is 4.84 Å². The molecule has 1 aromatic rings. The minimum atomic E-state index is 0.529. The molecule has 1 aliphatic heterocycles. The summed E-state index contributed by atoms with van der Waals surface area (Å²) in [7, 11) is 0. The smallest absolute Gasteiger partial charge is 0.0682 e. The maximum Gasteiger partial charge on any atom is 0.0682 e. The maximum absolute atomic E-state index is 5.20. The molecule has 0 aliphatic carbocycles. The summed E-state index contributed by atoms with van der Waals surface area (Å²) in [6.07, 6.45) is 4.51. The van der Waals surface area contributed by atoms with E-state index in [0.717, 1.165) is 31.0 Å². The van der Waals surface area contributed by atoms with Gasteiger partial charge in [-0.15, -0.1) is 0 Å². The van der Waals surface area contributed by atoms with Crippen LogP contribution in [0.2, 0.25) is 0 Å². The number of nitrogens with zero attached hydrogens (tertiary/aromatic N) is 1. The molecular formula is C12H17N2O. The monoisotopic (exact) mass is 205 g/mol. The summed E-state index contributed by atoms with van der Waals surface area (Å²) in [5.41, 5.74) is 5.12. The summed E-state index contributed by atoms with van der Waals surface area (Å²) >= 11 is 0. The molecule has 1 atom stereocenters. The lowest BCUT2D eigenvalue weighted by Gasteiger charge is -2.12. The molecular weight excluding hydrogens is 188 g/mol. The Morgan fingerprint density at radius 2 is 2.47 bits per heavy atom. The van der Waals surface area contributed by atoms with Crippen molar-refractivity contribution in [3.8, 4) is 0 Å². The lowest BCUT2D eigenvalue weighted by atomic mass is 9.98. The molecule has 1 aliphatic rings. The van der Waals surface area contributed by atoms with Gasteiger partial charge in [0.1, 0.15) is 0 Å². The molecule has 0 amide bonds. The molecule has 0 spiro atoms. The maximum atomic E-state index is 5.20. The van der Waals surface area contributed by atoms with Crippen LogP contribution in [-0.4, -0.2) is 18.1 Å². The van der Waals surface area contributed by atoms with E-state index in [-0.39, 0.29) is 0 Å². The predicted octanol–water partition coefficient (Wildman–Crippen LogP) is 1.87. The molecule has 0 saturated carbocycles. The van der Waals surface area contributed by atoms with Crippen LogP contribution in [-0.2, 0) is 4.84 Å². The summed E-state index contributed by atoms with van der Waals surface area (Å²) in [4.78, 5) is 9.67. The van der Waals surface area contributed by atoms with Crippen molar-refractivity contribution in [2.75, 3.05) is 13.2 Å². The standard InChI is InChI=1S/C12H17N2O/c1-10-4-2-6-12(14-10)8-11-5-3-7-15-13-9-11/h2,4,6,8,11,13H,3,5,7,9H2,1H3. The third kappa shape index (κ3) is 3.29. The van der Waals surface area contributed by atoms with Gasteiger partial charge in [-0.1, -0.05) is 6.07 Å². The van der Waals surface area contributed by atoms with Crippen molar-refractivity contribution in [2.24, 2.45) is 5.92 Å². The highest BCUT2D eigenvalue weighted by Gasteiger charge is 2.13. The molecule has 1 N–H and O–H groups in total. The van der Waals surface area contributed by atoms with Gasteiger partial charge in [0.15, 0.2) is 0 Å². The van der Waals surface area contributed by atoms with E-state index in [1.807, 2.05) is 13.0 Å². The molecule has 1 saturated heterocycles. The summed E-state index contributed by atoms with van der Waals surface area (Å²) in [5, 5.41) is 0. The van der Waals surface area contributed by atoms with Gasteiger partial charge in [-0.3, -0.25) is 4.98 Å². The van der Waals surface area contributed by atoms with E-state index in [4.69, 9.17) is 4.84 Å². The van der Waals surface area contributed by atoms with E-state index in [1.54, 1.807) is 0 Å². The summed E-state index contributed by atoms with van der Waals surface area (Å²) in [6.45, 7) is 3.72. The van der Waals surface area contributed by atoms with Crippen LogP contribution in [0.1, 0.15) is 24.2 Å². The number of hydroxylamine groups is 1. The van der Waals surface area contributed by atoms with Crippen molar-refractivity contribution >= 4 is 0 Å². The van der Waals surface area contributed by atoms with E-state index >= 15 is 0 Å². The molecule has 15 heavy (non-hydrogen) atoms. The molecule has 1 aromatic heterocycles. The second kappa shape index (κ2) is 5.24. The fourth-order valence-corrected chi connectivity index (χ4v) is 1.80. The van der Waals surface area contributed by atoms with Gasteiger partial charge in [0, 0.05) is 24.4 Å². The second-order valence-electron chi connectivity index (χ2n) is 3.97. The minimum absolute atomic E-state index is 0.529. The van der Waals surface area contributed by atoms with Crippen LogP contribution in [0.3, 0.4) is 0 Å². The third-order valence-corrected chi connectivity index (χ3v) is 2.59. The van der Waals surface area contributed by atoms with Gasteiger partial charge in [-0.25, -0.2) is 5.48 Å². The highest BCUT2D eigenvalue weighted by atomic mass is 16.6. The van der Waals surface area contributed by atoms with Crippen LogP contribution in [0, 0.1) is 19.3 Å². The first-order valence-corrected chi connectivity index (χ1v) is 5.48. The van der Waals surface area contributed by atoms with Gasteiger partial charge in [0.25, 0.3) is 0 Å². The van der Waals surface area contributed by atoms with E-state index in [1.165, 1.54) is 6.42 Å². The van der Waals surface area contributed by atoms with Crippen molar-refractivity contribution in [1.82, 2.24) is 10.5 Å². The SMILES string of the molecule is Cc1cccc([CH]C2CCCONC2)n1. The molecule has 1 unspecified atom stereocenters. The molecule has 1 radical (unpaired) electrons. The van der Waals surface area contributed by atoms with Gasteiger partial charge < -0.3 is 4.84 Å². The van der Waals surface area contributed by atoms with Crippen molar-refractivity contribution in [3.63, 3.8) is 0 Å². The zero-order valence-electron chi connectivity index (χ0n) is 9.07. The Morgan fingerprint density at radius 1 is 1.53 bits per heavy atom. The van der Waals surface area contributed by atoms with Crippen molar-refractivity contribution in [2.45, 2.75) is 19.8 Å². The molecule has 0 bridgehead atoms. The Balaban J connectivity index is 1.95. The number of aromatic nitrogens is 1. The average Bonchev–Trinajstić information content (AvgIpc) is 2.46. The second-order valence-corrected chi connectivity index (χ2v) is 3.97. The number of hydrogen-bond donors (Lipinski definition) is 1. The lowest BCUT2D eigenvalue weighted by molar-refractivity contribution is 0.0502. The van der Waals surface area contributed by atoms with Gasteiger partial charge in [-0.2, -0.15) is 0 Å². The van der Waals surface area contributed by atoms with Crippen LogP contribution < -0.4 is 5.48 Å². The zero-order valence-corrected chi connectivity index (χ0v) is 9.07. The fourth-order valence-electron chi connectivity index (χ4n) is 1.80. The third-order valence-electron chi connectivity index (χ3n) is 2.59. The number of hydrogen-bond acceptors (Lipinski definition) is 3. The molecule has 3 heteroatoms. The Kier molecular flexibility index (Phi) is 3.69. The molecule has 1 fully saturated rings. The first-order chi connectivity index (χ1) is 7.34. The van der Waals surface area contributed by atoms with Gasteiger partial charge in [0.05, 0.1) is 6.61 Å². The number of nitrogens with one attached hydrogen (secondary N) is 1. The van der Waals surface area contributed by atoms with Crippen molar-refractivity contribution in [3.05, 3.63) is 36.0 Å². The molecule has 0 aromatic carbocycles. The Bertz CT molecular complexity index is 306. The summed E-state index contributed by atoms with van der Waals surface area (Å²) < 4.78 is 0. The van der Waals surface area contributed by atoms with Gasteiger partial charge in [0.2, 0.25) is 0 Å². The molecule has 3 nitrogen and oxygen atoms in total. The van der Waals surface area contributed by atoms with Gasteiger partial charge >= 0.3 is 0 Å². The van der Waals surface area contributed by atoms with Crippen LogP contribution in [0.25, 0.3) is 0 Å². The van der Waals surface area contributed by atoms with E-state index in [0.29, 0.717) is 5.92 Å². The highest BCUT2D eigenvalue weighted by Crippen LogP contribution is 2.16. The summed E-state index contributed by atoms with van der Waals surface area (Å²) in [5.74, 6) is 0.529. The van der Waals surface area contributed by atoms with Gasteiger partial charge in [-0.05, 0) is 37.8 Å². The Labute approximate surface area is 90.8 Å². The highest BCUT2D eigenvalue weighted by molar-refractivity contribution is 5.17. The van der Waals surface area contributed by atoms with Crippen molar-refractivity contribution in [1.29, 1.82) is 0 Å². The normalized spacial score (nSPS) is 22.3. The largest absolute Gasteiger partial charge is 0.302 e. The molecule has 2 rings (SSSR count). The van der Waals surface area contributed by atoms with E-state index < -0.39 is 0 Å². The Hall–Kier alpha value is -0.930. The van der Waals surface area contributed by atoms with Crippen LogP contribution in [0.15, 0.2) is 18.2 Å². The molecule has 81 valence electrons. The van der Waals surface area contributed by atoms with Crippen LogP contribution in [0.4, 0.5) is 0 Å². The zero-order chi connectivity index (χ0) is 10.5. The topological polar surface area (TPSA) is 34.1 Å². The summed E-state index contributed by atoms with van der Waals surface area (Å²) in [6, 6.07) is 6.12. The number of aryl methyl sites for hydroxylation is 1. The van der Waals surface area contributed by atoms with Crippen LogP contribution >= 0.6 is 0 Å². The molecule has 2 heterocycles.